The number of hydrogen-bond donors (Lipinski definition) is 2. The molecule has 0 fully saturated rings. The van der Waals surface area contributed by atoms with E-state index in [1.807, 2.05) is 25.1 Å². The van der Waals surface area contributed by atoms with Crippen molar-refractivity contribution in [3.05, 3.63) is 60.8 Å². The van der Waals surface area contributed by atoms with E-state index in [4.69, 9.17) is 14.2 Å². The summed E-state index contributed by atoms with van der Waals surface area (Å²) in [6, 6.07) is 12.3. The second-order valence-electron chi connectivity index (χ2n) is 5.82. The van der Waals surface area contributed by atoms with Gasteiger partial charge in [-0.05, 0) is 36.8 Å². The van der Waals surface area contributed by atoms with Crippen molar-refractivity contribution in [1.82, 2.24) is 10.2 Å². The minimum Gasteiger partial charge on any atom is -0.507 e. The van der Waals surface area contributed by atoms with Crippen molar-refractivity contribution in [2.24, 2.45) is 0 Å². The predicted octanol–water partition coefficient (Wildman–Crippen LogP) is 4.54. The zero-order valence-corrected chi connectivity index (χ0v) is 14.7. The van der Waals surface area contributed by atoms with E-state index in [0.29, 0.717) is 40.9 Å². The molecule has 0 spiro atoms. The molecule has 6 nitrogen and oxygen atoms in total. The lowest BCUT2D eigenvalue weighted by atomic mass is 10.1. The minimum absolute atomic E-state index is 0.0592. The number of nitrogens with one attached hydrogen (secondary N) is 1. The molecule has 1 aromatic heterocycles. The number of aromatic hydroxyl groups is 1. The van der Waals surface area contributed by atoms with Gasteiger partial charge in [0.1, 0.15) is 35.3 Å². The van der Waals surface area contributed by atoms with Crippen LogP contribution in [0.4, 0.5) is 0 Å². The van der Waals surface area contributed by atoms with E-state index in [1.165, 1.54) is 0 Å². The Labute approximate surface area is 151 Å². The van der Waals surface area contributed by atoms with E-state index in [0.717, 1.165) is 5.57 Å². The van der Waals surface area contributed by atoms with Gasteiger partial charge in [0.15, 0.2) is 5.75 Å². The van der Waals surface area contributed by atoms with Crippen LogP contribution >= 0.6 is 0 Å². The molecular formula is C20H20N2O4. The number of benzene rings is 2. The van der Waals surface area contributed by atoms with Gasteiger partial charge in [0, 0.05) is 17.7 Å². The molecule has 0 saturated carbocycles. The lowest BCUT2D eigenvalue weighted by Gasteiger charge is -2.10. The number of aromatic amines is 1. The van der Waals surface area contributed by atoms with Crippen LogP contribution in [0.25, 0.3) is 11.3 Å². The maximum absolute atomic E-state index is 10.4. The van der Waals surface area contributed by atoms with Gasteiger partial charge in [0.05, 0.1) is 13.3 Å². The van der Waals surface area contributed by atoms with Crippen LogP contribution in [0.15, 0.2) is 60.8 Å². The van der Waals surface area contributed by atoms with Crippen LogP contribution in [0, 0.1) is 0 Å². The van der Waals surface area contributed by atoms with Gasteiger partial charge in [-0.25, -0.2) is 0 Å². The van der Waals surface area contributed by atoms with Crippen molar-refractivity contribution >= 4 is 0 Å². The van der Waals surface area contributed by atoms with Crippen molar-refractivity contribution < 1.29 is 19.3 Å². The van der Waals surface area contributed by atoms with Crippen molar-refractivity contribution in [3.8, 4) is 40.0 Å². The van der Waals surface area contributed by atoms with E-state index >= 15 is 0 Å². The number of H-pyrrole nitrogens is 1. The molecule has 0 aliphatic carbocycles. The Balaban J connectivity index is 1.84. The fourth-order valence-corrected chi connectivity index (χ4v) is 2.36. The summed E-state index contributed by atoms with van der Waals surface area (Å²) in [6.45, 7) is 6.06. The Bertz CT molecular complexity index is 918. The molecule has 2 aromatic carbocycles. The highest BCUT2D eigenvalue weighted by atomic mass is 16.5. The third kappa shape index (κ3) is 3.97. The van der Waals surface area contributed by atoms with Gasteiger partial charge >= 0.3 is 0 Å². The van der Waals surface area contributed by atoms with Crippen LogP contribution in [-0.2, 0) is 0 Å². The number of nitrogens with zero attached hydrogens (tertiary/aromatic N) is 1. The molecule has 0 aliphatic rings. The van der Waals surface area contributed by atoms with Gasteiger partial charge < -0.3 is 19.3 Å². The second-order valence-corrected chi connectivity index (χ2v) is 5.82. The predicted molar refractivity (Wildman–Crippen MR) is 99.1 cm³/mol. The van der Waals surface area contributed by atoms with E-state index in [9.17, 15) is 5.11 Å². The van der Waals surface area contributed by atoms with Gasteiger partial charge in [0.2, 0.25) is 0 Å². The van der Waals surface area contributed by atoms with E-state index in [-0.39, 0.29) is 5.75 Å². The van der Waals surface area contributed by atoms with Crippen LogP contribution < -0.4 is 14.2 Å². The maximum atomic E-state index is 10.4. The zero-order chi connectivity index (χ0) is 18.5. The van der Waals surface area contributed by atoms with Crippen molar-refractivity contribution in [2.75, 3.05) is 13.7 Å². The number of ether oxygens (including phenoxy) is 3. The van der Waals surface area contributed by atoms with Crippen molar-refractivity contribution in [3.63, 3.8) is 0 Å². The van der Waals surface area contributed by atoms with Gasteiger partial charge in [0.25, 0.3) is 0 Å². The van der Waals surface area contributed by atoms with Crippen LogP contribution in [0.3, 0.4) is 0 Å². The first-order valence-corrected chi connectivity index (χ1v) is 8.02. The number of hydrogen-bond acceptors (Lipinski definition) is 5. The molecule has 0 aliphatic heterocycles. The molecule has 0 unspecified atom stereocenters. The summed E-state index contributed by atoms with van der Waals surface area (Å²) in [5.74, 6) is 2.40. The number of rotatable bonds is 7. The fraction of sp³-hybridized carbons (Fsp3) is 0.150. The Morgan fingerprint density at radius 1 is 1.15 bits per heavy atom. The second kappa shape index (κ2) is 7.65. The average Bonchev–Trinajstić information content (AvgIpc) is 3.08. The lowest BCUT2D eigenvalue weighted by molar-refractivity contribution is 0.350. The first-order chi connectivity index (χ1) is 12.6. The number of methoxy groups -OCH3 is 1. The first-order valence-electron chi connectivity index (χ1n) is 8.02. The molecule has 134 valence electrons. The average molecular weight is 352 g/mol. The molecular weight excluding hydrogens is 332 g/mol. The normalized spacial score (nSPS) is 10.4. The molecule has 0 radical (unpaired) electrons. The summed E-state index contributed by atoms with van der Waals surface area (Å²) in [6.07, 6.45) is 1.56. The highest BCUT2D eigenvalue weighted by Crippen LogP contribution is 2.38. The van der Waals surface area contributed by atoms with Crippen LogP contribution in [0.2, 0.25) is 0 Å². The van der Waals surface area contributed by atoms with E-state index < -0.39 is 0 Å². The van der Waals surface area contributed by atoms with E-state index in [1.54, 1.807) is 37.6 Å². The summed E-state index contributed by atoms with van der Waals surface area (Å²) in [7, 11) is 1.60. The minimum atomic E-state index is 0.0592. The Morgan fingerprint density at radius 3 is 2.69 bits per heavy atom. The smallest absolute Gasteiger partial charge is 0.173 e. The topological polar surface area (TPSA) is 76.6 Å². The quantitative estimate of drug-likeness (QED) is 0.611. The number of phenols is 1. The molecule has 1 heterocycles. The van der Waals surface area contributed by atoms with Gasteiger partial charge in [-0.2, -0.15) is 5.10 Å². The van der Waals surface area contributed by atoms with Crippen LogP contribution in [0.5, 0.6) is 28.7 Å². The third-order valence-corrected chi connectivity index (χ3v) is 3.60. The molecule has 3 aromatic rings. The monoisotopic (exact) mass is 352 g/mol. The molecule has 26 heavy (non-hydrogen) atoms. The summed E-state index contributed by atoms with van der Waals surface area (Å²) in [5, 5.41) is 17.3. The summed E-state index contributed by atoms with van der Waals surface area (Å²) in [5.41, 5.74) is 2.02. The fourth-order valence-electron chi connectivity index (χ4n) is 2.36. The molecule has 3 rings (SSSR count). The standard InChI is InChI=1S/C20H20N2O4/c1-13(2)12-25-15-7-8-17(18(23)10-15)20-19(11-21-22-20)26-16-6-4-5-14(9-16)24-3/h4-11,23H,1,12H2,2-3H3,(H,21,22). The maximum Gasteiger partial charge on any atom is 0.173 e. The van der Waals surface area contributed by atoms with E-state index in [2.05, 4.69) is 16.8 Å². The Hall–Kier alpha value is -3.41. The molecule has 0 bridgehead atoms. The summed E-state index contributed by atoms with van der Waals surface area (Å²) < 4.78 is 16.6. The Kier molecular flexibility index (Phi) is 5.12. The molecule has 0 amide bonds. The third-order valence-electron chi connectivity index (χ3n) is 3.60. The SMILES string of the molecule is C=C(C)COc1ccc(-c2[nH]ncc2Oc2cccc(OC)c2)c(O)c1. The van der Waals surface area contributed by atoms with Crippen molar-refractivity contribution in [2.45, 2.75) is 6.92 Å². The van der Waals surface area contributed by atoms with Crippen molar-refractivity contribution in [1.29, 1.82) is 0 Å². The lowest BCUT2D eigenvalue weighted by Crippen LogP contribution is -1.97. The van der Waals surface area contributed by atoms with Crippen LogP contribution in [0.1, 0.15) is 6.92 Å². The molecule has 2 N–H and O–H groups in total. The molecule has 0 saturated heterocycles. The number of aromatic nitrogens is 2. The van der Waals surface area contributed by atoms with Crippen LogP contribution in [-0.4, -0.2) is 29.0 Å². The largest absolute Gasteiger partial charge is 0.507 e. The van der Waals surface area contributed by atoms with Gasteiger partial charge in [-0.1, -0.05) is 12.6 Å². The van der Waals surface area contributed by atoms with Gasteiger partial charge in [-0.3, -0.25) is 5.10 Å². The summed E-state index contributed by atoms with van der Waals surface area (Å²) >= 11 is 0. The highest BCUT2D eigenvalue weighted by molar-refractivity contribution is 5.73. The zero-order valence-electron chi connectivity index (χ0n) is 14.7. The molecule has 0 atom stereocenters. The Morgan fingerprint density at radius 2 is 1.96 bits per heavy atom. The highest BCUT2D eigenvalue weighted by Gasteiger charge is 2.15. The van der Waals surface area contributed by atoms with Gasteiger partial charge in [-0.15, -0.1) is 0 Å². The summed E-state index contributed by atoms with van der Waals surface area (Å²) in [4.78, 5) is 0. The first kappa shape index (κ1) is 17.4. The number of phenolic OH excluding ortho intramolecular Hbond substituents is 1. The molecule has 6 heteroatoms.